The van der Waals surface area contributed by atoms with E-state index in [9.17, 15) is 20.4 Å². The maximum Gasteiger partial charge on any atom is 0.160 e. The Labute approximate surface area is 422 Å². The smallest absolute Gasteiger partial charge is 0.160 e. The number of hydrogen-bond donors (Lipinski definition) is 5. The second-order valence-corrected chi connectivity index (χ2v) is 26.0. The van der Waals surface area contributed by atoms with Gasteiger partial charge in [0.1, 0.15) is 11.9 Å². The molecule has 0 radical (unpaired) electrons. The minimum Gasteiger partial charge on any atom is -0.392 e. The highest BCUT2D eigenvalue weighted by Gasteiger charge is 2.75. The van der Waals surface area contributed by atoms with Crippen LogP contribution in [0.5, 0.6) is 0 Å². The molecule has 2 saturated heterocycles. The minimum atomic E-state index is -0.844. The van der Waals surface area contributed by atoms with Gasteiger partial charge in [-0.15, -0.1) is 0 Å². The van der Waals surface area contributed by atoms with Crippen molar-refractivity contribution >= 4 is 22.6 Å². The summed E-state index contributed by atoms with van der Waals surface area (Å²) in [7, 11) is 0. The molecule has 8 aliphatic rings. The summed E-state index contributed by atoms with van der Waals surface area (Å²) in [6.07, 6.45) is 7.64. The molecule has 4 saturated carbocycles. The first-order valence-electron chi connectivity index (χ1n) is 27.7. The summed E-state index contributed by atoms with van der Waals surface area (Å²) < 4.78 is 14.1. The summed E-state index contributed by atoms with van der Waals surface area (Å²) in [5.74, 6) is 7.60. The van der Waals surface area contributed by atoms with E-state index in [0.29, 0.717) is 51.0 Å². The van der Waals surface area contributed by atoms with Gasteiger partial charge in [0.2, 0.25) is 0 Å². The van der Waals surface area contributed by atoms with Crippen LogP contribution >= 0.6 is 0 Å². The average molecular weight is 971 g/mol. The van der Waals surface area contributed by atoms with Crippen LogP contribution in [0.4, 0.5) is 0 Å². The third-order valence-corrected chi connectivity index (χ3v) is 21.8. The number of aromatic amines is 1. The molecule has 5 heterocycles. The number of aliphatic hydroxyl groups excluding tert-OH is 4. The normalized spacial score (nSPS) is 39.3. The van der Waals surface area contributed by atoms with Crippen LogP contribution in [0.15, 0.2) is 41.6 Å². The summed E-state index contributed by atoms with van der Waals surface area (Å²) >= 11 is 0. The van der Waals surface area contributed by atoms with Gasteiger partial charge in [0.05, 0.1) is 41.1 Å². The van der Waals surface area contributed by atoms with Gasteiger partial charge in [-0.3, -0.25) is 9.59 Å². The summed E-state index contributed by atoms with van der Waals surface area (Å²) in [4.78, 5) is 34.2. The van der Waals surface area contributed by atoms with E-state index in [2.05, 4.69) is 87.2 Å². The Morgan fingerprint density at radius 2 is 1.72 bits per heavy atom. The maximum atomic E-state index is 15.4. The number of epoxide rings is 1. The summed E-state index contributed by atoms with van der Waals surface area (Å²) in [5, 5.41) is 46.7. The lowest BCUT2D eigenvalue weighted by Gasteiger charge is -2.71. The Hall–Kier alpha value is -3.56. The molecule has 384 valence electrons. The lowest BCUT2D eigenvalue weighted by atomic mass is 9.32. The lowest BCUT2D eigenvalue weighted by Crippen LogP contribution is -2.70. The summed E-state index contributed by atoms with van der Waals surface area (Å²) in [6.45, 7) is 21.4. The number of aromatic nitrogens is 2. The predicted molar refractivity (Wildman–Crippen MR) is 274 cm³/mol. The van der Waals surface area contributed by atoms with Crippen molar-refractivity contribution in [2.24, 2.45) is 63.1 Å². The first-order valence-corrected chi connectivity index (χ1v) is 27.7. The zero-order valence-corrected chi connectivity index (χ0v) is 44.1. The highest BCUT2D eigenvalue weighted by molar-refractivity contribution is 6.01. The molecule has 5 aliphatic carbocycles. The number of Topliss-reactive ketones (excluding diaryl/α,β-unsaturated/α-hetero) is 2. The van der Waals surface area contributed by atoms with Crippen molar-refractivity contribution in [1.29, 1.82) is 0 Å². The minimum absolute atomic E-state index is 0.0473. The Morgan fingerprint density at radius 1 is 0.972 bits per heavy atom. The van der Waals surface area contributed by atoms with E-state index >= 15 is 9.59 Å². The van der Waals surface area contributed by atoms with Crippen molar-refractivity contribution < 1.29 is 39.5 Å². The third-order valence-electron chi connectivity index (χ3n) is 21.8. The molecule has 2 bridgehead atoms. The molecule has 3 aliphatic heterocycles. The number of fused-ring (bicyclic) bond motifs is 7. The van der Waals surface area contributed by atoms with E-state index in [1.165, 1.54) is 22.3 Å². The monoisotopic (exact) mass is 971 g/mol. The van der Waals surface area contributed by atoms with Gasteiger partial charge in [0.25, 0.3) is 0 Å². The molecule has 5 N–H and O–H groups in total. The highest BCUT2D eigenvalue weighted by Crippen LogP contribution is 2.77. The van der Waals surface area contributed by atoms with Crippen molar-refractivity contribution in [2.75, 3.05) is 13.2 Å². The number of nitrogens with zero attached hydrogens (tertiary/aromatic N) is 1. The molecule has 11 rings (SSSR count). The molecule has 71 heavy (non-hydrogen) atoms. The maximum absolute atomic E-state index is 15.4. The van der Waals surface area contributed by atoms with Gasteiger partial charge < -0.3 is 39.5 Å². The number of aliphatic hydroxyl groups is 4. The fourth-order valence-corrected chi connectivity index (χ4v) is 18.0. The molecular formula is C61H82N2O8. The number of rotatable bonds is 11. The van der Waals surface area contributed by atoms with Crippen molar-refractivity contribution in [1.82, 2.24) is 9.55 Å². The Bertz CT molecular complexity index is 2710. The van der Waals surface area contributed by atoms with Gasteiger partial charge in [0.15, 0.2) is 5.78 Å². The molecule has 16 atom stereocenters. The largest absolute Gasteiger partial charge is 0.392 e. The fraction of sp³-hybridized carbons (Fsp3) is 0.705. The highest BCUT2D eigenvalue weighted by atomic mass is 16.6. The van der Waals surface area contributed by atoms with Crippen molar-refractivity contribution in [3.05, 3.63) is 69.6 Å². The molecule has 2 aromatic heterocycles. The fourth-order valence-electron chi connectivity index (χ4n) is 18.0. The van der Waals surface area contributed by atoms with Crippen molar-refractivity contribution in [2.45, 2.75) is 194 Å². The lowest BCUT2D eigenvalue weighted by molar-refractivity contribution is -0.236. The molecular weight excluding hydrogens is 889 g/mol. The molecule has 1 aromatic carbocycles. The number of ketones is 2. The number of carbonyl (C=O) groups is 2. The van der Waals surface area contributed by atoms with Crippen LogP contribution in [0.3, 0.4) is 0 Å². The first kappa shape index (κ1) is 49.6. The predicted octanol–water partition coefficient (Wildman–Crippen LogP) is 9.34. The average Bonchev–Trinajstić information content (AvgIpc) is 3.80. The topological polar surface area (TPSA) is 158 Å². The number of aryl methyl sites for hydroxylation is 1. The Balaban J connectivity index is 1.07. The van der Waals surface area contributed by atoms with Crippen LogP contribution in [0.2, 0.25) is 0 Å². The van der Waals surface area contributed by atoms with Gasteiger partial charge in [0, 0.05) is 85.6 Å². The van der Waals surface area contributed by atoms with E-state index in [1.54, 1.807) is 6.92 Å². The van der Waals surface area contributed by atoms with E-state index < -0.39 is 57.6 Å². The van der Waals surface area contributed by atoms with Crippen LogP contribution in [0.25, 0.3) is 11.0 Å². The molecule has 0 spiro atoms. The molecule has 10 nitrogen and oxygen atoms in total. The van der Waals surface area contributed by atoms with Crippen LogP contribution in [0, 0.1) is 81.8 Å². The van der Waals surface area contributed by atoms with E-state index in [1.807, 2.05) is 20.0 Å². The zero-order valence-electron chi connectivity index (χ0n) is 44.1. The number of nitrogens with one attached hydrogen (secondary N) is 1. The molecule has 6 fully saturated rings. The molecule has 3 aromatic rings. The number of ether oxygens (including phenoxy) is 2. The van der Waals surface area contributed by atoms with Crippen molar-refractivity contribution in [3.8, 4) is 11.8 Å². The standard InChI is InChI=1S/C61H82N2O8/c1-33-23-37(26-39(24-33)38-17-21-70-22-18-38)28-42-44-12-10-11-40-30-50(68)60(8,41-14-13-36(27-41)29-46(65)35(3)64)49-15-19-58(6)55(61(40,49)9)54(69)43(32-63(44)45-16-20-62-53(42)45)52-51(48(67)31-59(52,58)7)34(2)25-47(66)56-57(4,5)71-56/h16,20,23-24,26,34-36,38,40-41,43,46-47,49,54-56,62,64-66,69H,12-15,17-19,21-22,25,27-32H2,1-9H3/t34-,35+,36-,40+,41-,43+,46-,47-,49+,54-,55+,56-,58+,59+,60+,61-/m1/s1. The number of hydrogen-bond acceptors (Lipinski definition) is 8. The number of allylic oxidation sites excluding steroid dienone is 1. The van der Waals surface area contributed by atoms with Gasteiger partial charge >= 0.3 is 0 Å². The van der Waals surface area contributed by atoms with Crippen LogP contribution < -0.4 is 0 Å². The van der Waals surface area contributed by atoms with Crippen LogP contribution in [0.1, 0.15) is 160 Å². The molecule has 10 heteroatoms. The number of carbonyl (C=O) groups excluding carboxylic acids is 2. The Kier molecular flexibility index (Phi) is 12.2. The molecule has 0 unspecified atom stereocenters. The number of benzene rings is 1. The SMILES string of the molecule is Cc1cc(Cc2c3n(c4cc[nH]c24)C[C@H]2C4=C([C@H](C)C[C@@H](O)[C@H]5OC5(C)C)C(=O)C[C@]4(C)[C@@]4(C)CC[C@H]5[C@](C)([C@@H]6CC[C@@H](C[C@@H](O)[C@H](C)O)C6)C(=O)C[C@H](C#CC3)[C@@]5(C)[C@H]4[C@@H]2O)cc(C2CCOCC2)c1. The van der Waals surface area contributed by atoms with Gasteiger partial charge in [-0.05, 0) is 154 Å². The zero-order chi connectivity index (χ0) is 50.3. The van der Waals surface area contributed by atoms with Crippen LogP contribution in [-0.2, 0) is 38.4 Å². The van der Waals surface area contributed by atoms with Gasteiger partial charge in [-0.1, -0.05) is 76.6 Å². The van der Waals surface area contributed by atoms with Crippen molar-refractivity contribution in [3.63, 3.8) is 0 Å². The van der Waals surface area contributed by atoms with Gasteiger partial charge in [-0.25, -0.2) is 0 Å². The third kappa shape index (κ3) is 7.61. The van der Waals surface area contributed by atoms with E-state index in [-0.39, 0.29) is 53.2 Å². The van der Waals surface area contributed by atoms with Gasteiger partial charge in [-0.2, -0.15) is 0 Å². The summed E-state index contributed by atoms with van der Waals surface area (Å²) in [5.41, 5.74) is 7.50. The second-order valence-electron chi connectivity index (χ2n) is 26.0. The van der Waals surface area contributed by atoms with E-state index in [0.717, 1.165) is 86.0 Å². The first-order chi connectivity index (χ1) is 33.6. The second kappa shape index (κ2) is 17.5. The molecule has 0 amide bonds. The number of H-pyrrole nitrogens is 1. The summed E-state index contributed by atoms with van der Waals surface area (Å²) in [6, 6.07) is 9.23. The van der Waals surface area contributed by atoms with E-state index in [4.69, 9.17) is 9.47 Å². The quantitative estimate of drug-likeness (QED) is 0.0941. The Morgan fingerprint density at radius 3 is 2.44 bits per heavy atom. The van der Waals surface area contributed by atoms with Crippen LogP contribution in [-0.4, -0.2) is 90.9 Å².